The lowest BCUT2D eigenvalue weighted by Crippen LogP contribution is -2.06. The lowest BCUT2D eigenvalue weighted by atomic mass is 10.1. The zero-order chi connectivity index (χ0) is 11.6. The van der Waals surface area contributed by atoms with Gasteiger partial charge in [0.15, 0.2) is 11.5 Å². The molecule has 1 atom stereocenters. The highest BCUT2D eigenvalue weighted by Gasteiger charge is 2.18. The summed E-state index contributed by atoms with van der Waals surface area (Å²) in [6.45, 7) is 1.62. The maximum absolute atomic E-state index is 10.6. The van der Waals surface area contributed by atoms with Crippen molar-refractivity contribution in [2.45, 2.75) is 13.0 Å². The minimum atomic E-state index is -0.562. The van der Waals surface area contributed by atoms with Crippen LogP contribution in [0.15, 0.2) is 12.1 Å². The number of nitro groups is 1. The first kappa shape index (κ1) is 14.5. The number of phenols is 1. The number of methoxy groups -OCH3 is 1. The SMILES string of the molecule is COc1cc([N+](=O)[O-])cc([C@H](C)N)c1O.Cl. The minimum Gasteiger partial charge on any atom is -0.504 e. The molecule has 1 rings (SSSR count). The van der Waals surface area contributed by atoms with Gasteiger partial charge >= 0.3 is 0 Å². The molecule has 0 fully saturated rings. The second-order valence-electron chi connectivity index (χ2n) is 3.13. The topological polar surface area (TPSA) is 98.6 Å². The molecule has 0 aliphatic rings. The highest BCUT2D eigenvalue weighted by molar-refractivity contribution is 5.85. The number of nitrogens with zero attached hydrogens (tertiary/aromatic N) is 1. The molecule has 7 heteroatoms. The predicted octanol–water partition coefficient (Wildman–Crippen LogP) is 1.75. The molecular formula is C9H13ClN2O4. The summed E-state index contributed by atoms with van der Waals surface area (Å²) in [7, 11) is 1.32. The summed E-state index contributed by atoms with van der Waals surface area (Å²) < 4.78 is 4.82. The smallest absolute Gasteiger partial charge is 0.273 e. The van der Waals surface area contributed by atoms with Crippen molar-refractivity contribution in [2.24, 2.45) is 5.73 Å². The van der Waals surface area contributed by atoms with E-state index in [1.807, 2.05) is 0 Å². The van der Waals surface area contributed by atoms with Gasteiger partial charge in [-0.15, -0.1) is 12.4 Å². The number of nitrogens with two attached hydrogens (primary N) is 1. The van der Waals surface area contributed by atoms with Crippen molar-refractivity contribution in [1.82, 2.24) is 0 Å². The van der Waals surface area contributed by atoms with Gasteiger partial charge in [0.05, 0.1) is 18.1 Å². The summed E-state index contributed by atoms with van der Waals surface area (Å²) in [6, 6.07) is 1.89. The molecule has 0 saturated carbocycles. The van der Waals surface area contributed by atoms with Crippen LogP contribution in [0, 0.1) is 10.1 Å². The van der Waals surface area contributed by atoms with E-state index < -0.39 is 11.0 Å². The third-order valence-corrected chi connectivity index (χ3v) is 2.01. The molecular weight excluding hydrogens is 236 g/mol. The fourth-order valence-corrected chi connectivity index (χ4v) is 1.22. The number of hydrogen-bond donors (Lipinski definition) is 2. The number of phenolic OH excluding ortho intramolecular Hbond substituents is 1. The lowest BCUT2D eigenvalue weighted by Gasteiger charge is -2.11. The van der Waals surface area contributed by atoms with Gasteiger partial charge in [-0.3, -0.25) is 10.1 Å². The number of benzene rings is 1. The number of non-ortho nitro benzene ring substituents is 1. The Bertz CT molecular complexity index is 395. The molecule has 0 spiro atoms. The van der Waals surface area contributed by atoms with Crippen molar-refractivity contribution in [1.29, 1.82) is 0 Å². The number of nitro benzene ring substituents is 1. The molecule has 90 valence electrons. The monoisotopic (exact) mass is 248 g/mol. The maximum Gasteiger partial charge on any atom is 0.273 e. The fraction of sp³-hybridized carbons (Fsp3) is 0.333. The van der Waals surface area contributed by atoms with Crippen molar-refractivity contribution >= 4 is 18.1 Å². The lowest BCUT2D eigenvalue weighted by molar-refractivity contribution is -0.385. The Morgan fingerprint density at radius 3 is 2.50 bits per heavy atom. The molecule has 6 nitrogen and oxygen atoms in total. The number of halogens is 1. The molecule has 1 aromatic rings. The van der Waals surface area contributed by atoms with Crippen molar-refractivity contribution in [3.63, 3.8) is 0 Å². The van der Waals surface area contributed by atoms with Gasteiger partial charge in [-0.05, 0) is 6.92 Å². The van der Waals surface area contributed by atoms with Crippen LogP contribution in [0.5, 0.6) is 11.5 Å². The molecule has 0 unspecified atom stereocenters. The highest BCUT2D eigenvalue weighted by Crippen LogP contribution is 2.36. The Labute approximate surface area is 98.6 Å². The molecule has 3 N–H and O–H groups in total. The number of aromatic hydroxyl groups is 1. The highest BCUT2D eigenvalue weighted by atomic mass is 35.5. The van der Waals surface area contributed by atoms with Crippen molar-refractivity contribution < 1.29 is 14.8 Å². The molecule has 16 heavy (non-hydrogen) atoms. The number of hydrogen-bond acceptors (Lipinski definition) is 5. The van der Waals surface area contributed by atoms with Crippen LogP contribution in [-0.4, -0.2) is 17.1 Å². The van der Waals surface area contributed by atoms with Crippen LogP contribution in [0.25, 0.3) is 0 Å². The van der Waals surface area contributed by atoms with Crippen molar-refractivity contribution in [3.05, 3.63) is 27.8 Å². The van der Waals surface area contributed by atoms with Crippen LogP contribution in [0.4, 0.5) is 5.69 Å². The Balaban J connectivity index is 0.00000225. The fourth-order valence-electron chi connectivity index (χ4n) is 1.22. The van der Waals surface area contributed by atoms with Gasteiger partial charge in [-0.2, -0.15) is 0 Å². The normalized spacial score (nSPS) is 11.4. The summed E-state index contributed by atoms with van der Waals surface area (Å²) in [5.41, 5.74) is 5.71. The predicted molar refractivity (Wildman–Crippen MR) is 61.2 cm³/mol. The van der Waals surface area contributed by atoms with Crippen molar-refractivity contribution in [3.8, 4) is 11.5 Å². The molecule has 0 radical (unpaired) electrons. The van der Waals surface area contributed by atoms with E-state index in [1.165, 1.54) is 13.2 Å². The van der Waals surface area contributed by atoms with Gasteiger partial charge in [0.1, 0.15) is 0 Å². The zero-order valence-electron chi connectivity index (χ0n) is 8.84. The molecule has 0 aliphatic carbocycles. The number of ether oxygens (including phenoxy) is 1. The zero-order valence-corrected chi connectivity index (χ0v) is 9.65. The molecule has 0 amide bonds. The summed E-state index contributed by atoms with van der Waals surface area (Å²) in [4.78, 5) is 10.0. The van der Waals surface area contributed by atoms with E-state index in [0.717, 1.165) is 6.07 Å². The Morgan fingerprint density at radius 2 is 2.12 bits per heavy atom. The first-order valence-electron chi connectivity index (χ1n) is 4.28. The van der Waals surface area contributed by atoms with Crippen LogP contribution in [0.2, 0.25) is 0 Å². The molecule has 0 bridgehead atoms. The Morgan fingerprint density at radius 1 is 1.56 bits per heavy atom. The van der Waals surface area contributed by atoms with E-state index in [0.29, 0.717) is 5.56 Å². The largest absolute Gasteiger partial charge is 0.504 e. The molecule has 1 aromatic carbocycles. The third kappa shape index (κ3) is 2.74. The van der Waals surface area contributed by atoms with E-state index in [1.54, 1.807) is 6.92 Å². The second kappa shape index (κ2) is 5.53. The summed E-state index contributed by atoms with van der Waals surface area (Å²) in [5, 5.41) is 20.2. The van der Waals surface area contributed by atoms with Crippen LogP contribution >= 0.6 is 12.4 Å². The van der Waals surface area contributed by atoms with Crippen LogP contribution in [0.3, 0.4) is 0 Å². The second-order valence-corrected chi connectivity index (χ2v) is 3.13. The van der Waals surface area contributed by atoms with Gasteiger partial charge in [-0.1, -0.05) is 0 Å². The Kier molecular flexibility index (Phi) is 5.00. The average Bonchev–Trinajstić information content (AvgIpc) is 2.17. The van der Waals surface area contributed by atoms with Crippen LogP contribution < -0.4 is 10.5 Å². The molecule has 0 aliphatic heterocycles. The number of rotatable bonds is 3. The summed E-state index contributed by atoms with van der Waals surface area (Å²) in [5.74, 6) is -0.102. The van der Waals surface area contributed by atoms with E-state index in [9.17, 15) is 15.2 Å². The minimum absolute atomic E-state index is 0. The van der Waals surface area contributed by atoms with E-state index in [4.69, 9.17) is 10.5 Å². The molecule has 0 aromatic heterocycles. The summed E-state index contributed by atoms with van der Waals surface area (Å²) in [6.07, 6.45) is 0. The summed E-state index contributed by atoms with van der Waals surface area (Å²) >= 11 is 0. The first-order valence-corrected chi connectivity index (χ1v) is 4.28. The van der Waals surface area contributed by atoms with Crippen molar-refractivity contribution in [2.75, 3.05) is 7.11 Å². The van der Waals surface area contributed by atoms with E-state index in [2.05, 4.69) is 0 Å². The Hall–Kier alpha value is -1.53. The van der Waals surface area contributed by atoms with Crippen LogP contribution in [-0.2, 0) is 0 Å². The van der Waals surface area contributed by atoms with E-state index in [-0.39, 0.29) is 29.6 Å². The standard InChI is InChI=1S/C9H12N2O4.ClH/c1-5(10)7-3-6(11(13)14)4-8(15-2)9(7)12;/h3-5,12H,10H2,1-2H3;1H/t5-;/m0./s1. The van der Waals surface area contributed by atoms with Gasteiger partial charge in [-0.25, -0.2) is 0 Å². The van der Waals surface area contributed by atoms with Gasteiger partial charge in [0.2, 0.25) is 0 Å². The first-order chi connectivity index (χ1) is 6.97. The molecule has 0 saturated heterocycles. The van der Waals surface area contributed by atoms with Gasteiger partial charge in [0.25, 0.3) is 5.69 Å². The molecule has 0 heterocycles. The maximum atomic E-state index is 10.6. The third-order valence-electron chi connectivity index (χ3n) is 2.01. The van der Waals surface area contributed by atoms with E-state index >= 15 is 0 Å². The average molecular weight is 249 g/mol. The quantitative estimate of drug-likeness (QED) is 0.627. The van der Waals surface area contributed by atoms with Crippen LogP contribution in [0.1, 0.15) is 18.5 Å². The van der Waals surface area contributed by atoms with Gasteiger partial charge < -0.3 is 15.6 Å². The van der Waals surface area contributed by atoms with Gasteiger partial charge in [0, 0.05) is 17.7 Å².